The van der Waals surface area contributed by atoms with E-state index in [0.29, 0.717) is 6.42 Å². The van der Waals surface area contributed by atoms with Gasteiger partial charge < -0.3 is 39.7 Å². The Balaban J connectivity index is 2.11. The van der Waals surface area contributed by atoms with Gasteiger partial charge in [0.15, 0.2) is 6.29 Å². The van der Waals surface area contributed by atoms with Crippen LogP contribution in [0, 0.1) is 0 Å². The van der Waals surface area contributed by atoms with Crippen molar-refractivity contribution in [2.75, 3.05) is 19.8 Å². The molecule has 1 heterocycles. The molecule has 1 fully saturated rings. The first-order valence-corrected chi connectivity index (χ1v) is 13.1. The van der Waals surface area contributed by atoms with Crippen LogP contribution in [0.15, 0.2) is 36.5 Å². The van der Waals surface area contributed by atoms with Crippen molar-refractivity contribution in [2.45, 2.75) is 108 Å². The lowest BCUT2D eigenvalue weighted by Gasteiger charge is -2.39. The summed E-state index contributed by atoms with van der Waals surface area (Å²) in [4.78, 5) is 12.1. The molecule has 0 unspecified atom stereocenters. The van der Waals surface area contributed by atoms with Crippen LogP contribution in [0.2, 0.25) is 0 Å². The normalized spacial score (nSPS) is 25.8. The van der Waals surface area contributed by atoms with E-state index in [-0.39, 0.29) is 13.0 Å². The zero-order valence-corrected chi connectivity index (χ0v) is 21.5. The molecule has 0 saturated carbocycles. The van der Waals surface area contributed by atoms with Gasteiger partial charge in [0.25, 0.3) is 0 Å². The number of unbranched alkanes of at least 4 members (excludes halogenated alkanes) is 5. The Labute approximate surface area is 215 Å². The van der Waals surface area contributed by atoms with E-state index in [0.717, 1.165) is 51.4 Å². The molecule has 5 N–H and O–H groups in total. The standard InChI is InChI=1S/C27H46O9/c1-2-3-4-5-6-7-8-9-10-11-12-13-14-15-16-17-23(30)35-21(18-28)20-34-27-26(33)25(32)24(31)22(19-29)36-27/h3-4,6-7,9-10,21-22,24-29,31-33H,2,5,8,11-20H2,1H3/b4-3-,7-6-,10-9-/t21-,22-,24+,25+,26-,27-/m1/s1. The van der Waals surface area contributed by atoms with E-state index in [2.05, 4.69) is 43.4 Å². The lowest BCUT2D eigenvalue weighted by molar-refractivity contribution is -0.305. The van der Waals surface area contributed by atoms with E-state index in [1.54, 1.807) is 0 Å². The predicted octanol–water partition coefficient (Wildman–Crippen LogP) is 2.30. The molecule has 208 valence electrons. The van der Waals surface area contributed by atoms with Crippen LogP contribution in [-0.4, -0.2) is 88.1 Å². The Hall–Kier alpha value is -1.59. The van der Waals surface area contributed by atoms with E-state index < -0.39 is 56.0 Å². The van der Waals surface area contributed by atoms with Gasteiger partial charge in [-0.15, -0.1) is 0 Å². The summed E-state index contributed by atoms with van der Waals surface area (Å²) >= 11 is 0. The van der Waals surface area contributed by atoms with Gasteiger partial charge in [-0.1, -0.05) is 62.6 Å². The van der Waals surface area contributed by atoms with Gasteiger partial charge >= 0.3 is 5.97 Å². The number of carbonyl (C=O) groups excluding carboxylic acids is 1. The van der Waals surface area contributed by atoms with E-state index in [9.17, 15) is 30.3 Å². The molecule has 0 aliphatic carbocycles. The highest BCUT2D eigenvalue weighted by molar-refractivity contribution is 5.69. The fourth-order valence-corrected chi connectivity index (χ4v) is 3.66. The molecule has 1 aliphatic heterocycles. The van der Waals surface area contributed by atoms with Crippen LogP contribution in [0.3, 0.4) is 0 Å². The SMILES string of the molecule is CC/C=C\C/C=C\C/C=C\CCCCCCCC(=O)O[C@H](CO)CO[C@@H]1O[C@H](CO)[C@H](O)[C@H](O)[C@H]1O. The van der Waals surface area contributed by atoms with Gasteiger partial charge in [0.05, 0.1) is 19.8 Å². The largest absolute Gasteiger partial charge is 0.457 e. The number of aliphatic hydroxyl groups excluding tert-OH is 5. The number of hydrogen-bond acceptors (Lipinski definition) is 9. The minimum atomic E-state index is -1.56. The Bertz CT molecular complexity index is 647. The van der Waals surface area contributed by atoms with Gasteiger partial charge in [-0.25, -0.2) is 0 Å². The van der Waals surface area contributed by atoms with Gasteiger partial charge in [-0.05, 0) is 38.5 Å². The lowest BCUT2D eigenvalue weighted by Crippen LogP contribution is -2.59. The molecule has 9 heteroatoms. The zero-order valence-electron chi connectivity index (χ0n) is 21.5. The molecular formula is C27H46O9. The maximum absolute atomic E-state index is 12.1. The highest BCUT2D eigenvalue weighted by Crippen LogP contribution is 2.22. The van der Waals surface area contributed by atoms with Crippen LogP contribution in [0.5, 0.6) is 0 Å². The summed E-state index contributed by atoms with van der Waals surface area (Å²) in [5.74, 6) is -0.451. The molecule has 0 bridgehead atoms. The van der Waals surface area contributed by atoms with Gasteiger partial charge in [-0.3, -0.25) is 4.79 Å². The van der Waals surface area contributed by atoms with Gasteiger partial charge in [0.2, 0.25) is 0 Å². The first-order valence-electron chi connectivity index (χ1n) is 13.1. The third-order valence-electron chi connectivity index (χ3n) is 5.83. The van der Waals surface area contributed by atoms with Gasteiger partial charge in [-0.2, -0.15) is 0 Å². The van der Waals surface area contributed by atoms with Crippen molar-refractivity contribution >= 4 is 5.97 Å². The number of ether oxygens (including phenoxy) is 3. The molecule has 0 aromatic carbocycles. The van der Waals surface area contributed by atoms with Crippen molar-refractivity contribution in [1.82, 2.24) is 0 Å². The number of hydrogen-bond donors (Lipinski definition) is 5. The fraction of sp³-hybridized carbons (Fsp3) is 0.741. The smallest absolute Gasteiger partial charge is 0.306 e. The Morgan fingerprint density at radius 3 is 2.17 bits per heavy atom. The molecule has 36 heavy (non-hydrogen) atoms. The second-order valence-corrected chi connectivity index (χ2v) is 8.93. The fourth-order valence-electron chi connectivity index (χ4n) is 3.66. The lowest BCUT2D eigenvalue weighted by atomic mass is 9.99. The molecule has 6 atom stereocenters. The van der Waals surface area contributed by atoms with Crippen LogP contribution in [-0.2, 0) is 19.0 Å². The minimum absolute atomic E-state index is 0.232. The van der Waals surface area contributed by atoms with Crippen molar-refractivity contribution in [3.63, 3.8) is 0 Å². The molecule has 0 amide bonds. The summed E-state index contributed by atoms with van der Waals surface area (Å²) in [6, 6.07) is 0. The maximum Gasteiger partial charge on any atom is 0.306 e. The van der Waals surface area contributed by atoms with E-state index >= 15 is 0 Å². The zero-order chi connectivity index (χ0) is 26.6. The highest BCUT2D eigenvalue weighted by atomic mass is 16.7. The highest BCUT2D eigenvalue weighted by Gasteiger charge is 2.44. The number of esters is 1. The summed E-state index contributed by atoms with van der Waals surface area (Å²) < 4.78 is 15.8. The van der Waals surface area contributed by atoms with Crippen molar-refractivity contribution in [3.8, 4) is 0 Å². The Kier molecular flexibility index (Phi) is 18.4. The molecule has 0 spiro atoms. The second kappa shape index (κ2) is 20.5. The van der Waals surface area contributed by atoms with Crippen molar-refractivity contribution in [1.29, 1.82) is 0 Å². The van der Waals surface area contributed by atoms with Crippen LogP contribution in [0.1, 0.15) is 71.1 Å². The monoisotopic (exact) mass is 514 g/mol. The number of allylic oxidation sites excluding steroid dienone is 6. The van der Waals surface area contributed by atoms with Crippen molar-refractivity contribution in [2.24, 2.45) is 0 Å². The van der Waals surface area contributed by atoms with Crippen LogP contribution < -0.4 is 0 Å². The Morgan fingerprint density at radius 1 is 0.861 bits per heavy atom. The number of aliphatic hydroxyl groups is 5. The van der Waals surface area contributed by atoms with Crippen LogP contribution in [0.25, 0.3) is 0 Å². The molecule has 0 aromatic heterocycles. The van der Waals surface area contributed by atoms with Gasteiger partial charge in [0, 0.05) is 6.42 Å². The van der Waals surface area contributed by atoms with E-state index in [1.165, 1.54) is 0 Å². The Morgan fingerprint density at radius 2 is 1.50 bits per heavy atom. The molecule has 1 rings (SSSR count). The average Bonchev–Trinajstić information content (AvgIpc) is 2.88. The first kappa shape index (κ1) is 32.4. The third-order valence-corrected chi connectivity index (χ3v) is 5.83. The topological polar surface area (TPSA) is 146 Å². The minimum Gasteiger partial charge on any atom is -0.457 e. The van der Waals surface area contributed by atoms with Gasteiger partial charge in [0.1, 0.15) is 30.5 Å². The summed E-state index contributed by atoms with van der Waals surface area (Å²) in [6.45, 7) is 0.796. The summed E-state index contributed by atoms with van der Waals surface area (Å²) in [6.07, 6.45) is 14.3. The summed E-state index contributed by atoms with van der Waals surface area (Å²) in [5, 5.41) is 48.2. The second-order valence-electron chi connectivity index (χ2n) is 8.93. The number of rotatable bonds is 19. The van der Waals surface area contributed by atoms with E-state index in [1.807, 2.05) is 0 Å². The van der Waals surface area contributed by atoms with Crippen molar-refractivity contribution in [3.05, 3.63) is 36.5 Å². The van der Waals surface area contributed by atoms with Crippen molar-refractivity contribution < 1.29 is 44.5 Å². The first-order chi connectivity index (χ1) is 17.4. The van der Waals surface area contributed by atoms with E-state index in [4.69, 9.17) is 14.2 Å². The molecule has 1 saturated heterocycles. The summed E-state index contributed by atoms with van der Waals surface area (Å²) in [5.41, 5.74) is 0. The number of carbonyl (C=O) groups is 1. The average molecular weight is 515 g/mol. The molecular weight excluding hydrogens is 468 g/mol. The van der Waals surface area contributed by atoms with Crippen LogP contribution in [0.4, 0.5) is 0 Å². The molecule has 1 aliphatic rings. The maximum atomic E-state index is 12.1. The molecule has 9 nitrogen and oxygen atoms in total. The summed E-state index contributed by atoms with van der Waals surface area (Å²) in [7, 11) is 0. The third kappa shape index (κ3) is 13.6. The predicted molar refractivity (Wildman–Crippen MR) is 136 cm³/mol. The van der Waals surface area contributed by atoms with Crippen LogP contribution >= 0.6 is 0 Å². The quantitative estimate of drug-likeness (QED) is 0.0995. The molecule has 0 aromatic rings. The molecule has 0 radical (unpaired) electrons.